The Morgan fingerprint density at radius 2 is 1.75 bits per heavy atom. The van der Waals surface area contributed by atoms with E-state index in [4.69, 9.17) is 0 Å². The summed E-state index contributed by atoms with van der Waals surface area (Å²) in [6.07, 6.45) is 10.3. The Hall–Kier alpha value is -2.08. The van der Waals surface area contributed by atoms with Gasteiger partial charge in [0.1, 0.15) is 0 Å². The fourth-order valence-corrected chi connectivity index (χ4v) is 4.09. The van der Waals surface area contributed by atoms with E-state index in [-0.39, 0.29) is 5.41 Å². The molecule has 2 aromatic carbocycles. The standard InChI is InChI=1S/C24H26/c1-24(2,3)18-13-15-22-21(14-12-17-8-4-5-9-17)19-10-6-7-11-20(19)23(22)16-18/h4-8,10-11,13,15-16,21H,9,12,14H2,1-3H3. The van der Waals surface area contributed by atoms with Gasteiger partial charge in [0.05, 0.1) is 0 Å². The minimum Gasteiger partial charge on any atom is -0.0805 e. The zero-order valence-corrected chi connectivity index (χ0v) is 15.0. The van der Waals surface area contributed by atoms with Crippen LogP contribution in [0.25, 0.3) is 11.1 Å². The maximum atomic E-state index is 2.44. The molecule has 4 rings (SSSR count). The van der Waals surface area contributed by atoms with Crippen LogP contribution < -0.4 is 0 Å². The van der Waals surface area contributed by atoms with Crippen molar-refractivity contribution < 1.29 is 0 Å². The Morgan fingerprint density at radius 1 is 0.958 bits per heavy atom. The van der Waals surface area contributed by atoms with Crippen LogP contribution in [0.3, 0.4) is 0 Å². The summed E-state index contributed by atoms with van der Waals surface area (Å²) in [5.41, 5.74) is 9.15. The molecule has 0 fully saturated rings. The summed E-state index contributed by atoms with van der Waals surface area (Å²) < 4.78 is 0. The topological polar surface area (TPSA) is 0 Å². The van der Waals surface area contributed by atoms with Gasteiger partial charge < -0.3 is 0 Å². The lowest BCUT2D eigenvalue weighted by molar-refractivity contribution is 0.590. The van der Waals surface area contributed by atoms with Crippen molar-refractivity contribution in [3.63, 3.8) is 0 Å². The first-order valence-electron chi connectivity index (χ1n) is 9.12. The predicted molar refractivity (Wildman–Crippen MR) is 103 cm³/mol. The van der Waals surface area contributed by atoms with Crippen LogP contribution in [0.4, 0.5) is 0 Å². The Balaban J connectivity index is 1.72. The third kappa shape index (κ3) is 2.65. The summed E-state index contributed by atoms with van der Waals surface area (Å²) in [6, 6.07) is 16.2. The van der Waals surface area contributed by atoms with E-state index in [0.29, 0.717) is 5.92 Å². The molecule has 2 aliphatic rings. The van der Waals surface area contributed by atoms with E-state index in [1.165, 1.54) is 40.7 Å². The molecule has 0 saturated heterocycles. The van der Waals surface area contributed by atoms with Gasteiger partial charge in [-0.3, -0.25) is 0 Å². The van der Waals surface area contributed by atoms with Gasteiger partial charge in [0.15, 0.2) is 0 Å². The average molecular weight is 314 g/mol. The van der Waals surface area contributed by atoms with Crippen molar-refractivity contribution in [2.24, 2.45) is 0 Å². The van der Waals surface area contributed by atoms with Gasteiger partial charge in [0.25, 0.3) is 0 Å². The molecule has 1 unspecified atom stereocenters. The van der Waals surface area contributed by atoms with E-state index in [0.717, 1.165) is 6.42 Å². The van der Waals surface area contributed by atoms with Gasteiger partial charge >= 0.3 is 0 Å². The maximum Gasteiger partial charge on any atom is 0.0105 e. The lowest BCUT2D eigenvalue weighted by atomic mass is 9.84. The second-order valence-corrected chi connectivity index (χ2v) is 8.19. The van der Waals surface area contributed by atoms with Crippen LogP contribution in [-0.2, 0) is 5.41 Å². The van der Waals surface area contributed by atoms with Crippen LogP contribution in [0.15, 0.2) is 66.3 Å². The predicted octanol–water partition coefficient (Wildman–Crippen LogP) is 6.76. The molecule has 2 aliphatic carbocycles. The fraction of sp³-hybridized carbons (Fsp3) is 0.333. The minimum absolute atomic E-state index is 0.197. The van der Waals surface area contributed by atoms with Crippen molar-refractivity contribution in [1.29, 1.82) is 0 Å². The highest BCUT2D eigenvalue weighted by molar-refractivity contribution is 5.79. The Morgan fingerprint density at radius 3 is 2.50 bits per heavy atom. The number of hydrogen-bond acceptors (Lipinski definition) is 0. The summed E-state index contributed by atoms with van der Waals surface area (Å²) in [5, 5.41) is 0. The smallest absolute Gasteiger partial charge is 0.0105 e. The molecule has 0 aromatic heterocycles. The van der Waals surface area contributed by atoms with Crippen molar-refractivity contribution >= 4 is 0 Å². The van der Waals surface area contributed by atoms with Crippen LogP contribution >= 0.6 is 0 Å². The van der Waals surface area contributed by atoms with E-state index >= 15 is 0 Å². The Bertz CT molecular complexity index is 827. The molecule has 0 heteroatoms. The number of hydrogen-bond donors (Lipinski definition) is 0. The van der Waals surface area contributed by atoms with Crippen LogP contribution in [0.2, 0.25) is 0 Å². The number of rotatable bonds is 3. The van der Waals surface area contributed by atoms with E-state index in [1.54, 1.807) is 5.57 Å². The molecule has 0 nitrogen and oxygen atoms in total. The minimum atomic E-state index is 0.197. The van der Waals surface area contributed by atoms with Crippen molar-refractivity contribution in [2.45, 2.75) is 51.4 Å². The van der Waals surface area contributed by atoms with Crippen LogP contribution in [0.1, 0.15) is 62.6 Å². The molecule has 122 valence electrons. The summed E-state index contributed by atoms with van der Waals surface area (Å²) in [7, 11) is 0. The zero-order valence-electron chi connectivity index (χ0n) is 15.0. The van der Waals surface area contributed by atoms with Crippen molar-refractivity contribution in [1.82, 2.24) is 0 Å². The Kier molecular flexibility index (Phi) is 3.72. The van der Waals surface area contributed by atoms with Crippen LogP contribution in [0, 0.1) is 0 Å². The van der Waals surface area contributed by atoms with E-state index < -0.39 is 0 Å². The van der Waals surface area contributed by atoms with E-state index in [9.17, 15) is 0 Å². The van der Waals surface area contributed by atoms with Gasteiger partial charge in [0.2, 0.25) is 0 Å². The summed E-state index contributed by atoms with van der Waals surface area (Å²) >= 11 is 0. The van der Waals surface area contributed by atoms with Gasteiger partial charge in [-0.15, -0.1) is 0 Å². The third-order valence-corrected chi connectivity index (χ3v) is 5.52. The highest BCUT2D eigenvalue weighted by atomic mass is 14.3. The monoisotopic (exact) mass is 314 g/mol. The molecular weight excluding hydrogens is 288 g/mol. The molecule has 0 amide bonds. The molecule has 0 saturated carbocycles. The zero-order chi connectivity index (χ0) is 16.7. The molecule has 0 aliphatic heterocycles. The van der Waals surface area contributed by atoms with E-state index in [2.05, 4.69) is 81.5 Å². The summed E-state index contributed by atoms with van der Waals surface area (Å²) in [4.78, 5) is 0. The van der Waals surface area contributed by atoms with Gasteiger partial charge in [-0.1, -0.05) is 87.0 Å². The number of fused-ring (bicyclic) bond motifs is 3. The van der Waals surface area contributed by atoms with Crippen LogP contribution in [-0.4, -0.2) is 0 Å². The van der Waals surface area contributed by atoms with Crippen molar-refractivity contribution in [2.75, 3.05) is 0 Å². The van der Waals surface area contributed by atoms with E-state index in [1.807, 2.05) is 0 Å². The molecular formula is C24H26. The van der Waals surface area contributed by atoms with Gasteiger partial charge in [-0.2, -0.15) is 0 Å². The average Bonchev–Trinajstić information content (AvgIpc) is 3.17. The molecule has 0 N–H and O–H groups in total. The Labute approximate surface area is 145 Å². The lowest BCUT2D eigenvalue weighted by Crippen LogP contribution is -2.11. The highest BCUT2D eigenvalue weighted by Crippen LogP contribution is 2.48. The fourth-order valence-electron chi connectivity index (χ4n) is 4.09. The normalized spacial score (nSPS) is 18.5. The third-order valence-electron chi connectivity index (χ3n) is 5.52. The quantitative estimate of drug-likeness (QED) is 0.587. The SMILES string of the molecule is CC(C)(C)c1ccc2c(c1)-c1ccccc1C2CCC1=CC=CC1. The van der Waals surface area contributed by atoms with Gasteiger partial charge in [-0.25, -0.2) is 0 Å². The molecule has 0 bridgehead atoms. The lowest BCUT2D eigenvalue weighted by Gasteiger charge is -2.21. The number of allylic oxidation sites excluding steroid dienone is 4. The van der Waals surface area contributed by atoms with Crippen molar-refractivity contribution in [3.8, 4) is 11.1 Å². The van der Waals surface area contributed by atoms with Crippen LogP contribution in [0.5, 0.6) is 0 Å². The van der Waals surface area contributed by atoms with Gasteiger partial charge in [-0.05, 0) is 52.5 Å². The largest absolute Gasteiger partial charge is 0.0805 e. The number of benzene rings is 2. The molecule has 0 heterocycles. The first kappa shape index (κ1) is 15.4. The second kappa shape index (κ2) is 5.77. The molecule has 0 spiro atoms. The highest BCUT2D eigenvalue weighted by Gasteiger charge is 2.29. The van der Waals surface area contributed by atoms with Crippen molar-refractivity contribution in [3.05, 3.63) is 83.0 Å². The maximum absolute atomic E-state index is 2.44. The molecule has 0 radical (unpaired) electrons. The second-order valence-electron chi connectivity index (χ2n) is 8.19. The summed E-state index contributed by atoms with van der Waals surface area (Å²) in [6.45, 7) is 6.89. The first-order valence-corrected chi connectivity index (χ1v) is 9.12. The first-order chi connectivity index (χ1) is 11.5. The molecule has 2 aromatic rings. The van der Waals surface area contributed by atoms with Gasteiger partial charge in [0, 0.05) is 5.92 Å². The molecule has 1 atom stereocenters. The molecule has 24 heavy (non-hydrogen) atoms. The summed E-state index contributed by atoms with van der Waals surface area (Å²) in [5.74, 6) is 0.548.